The van der Waals surface area contributed by atoms with E-state index in [2.05, 4.69) is 0 Å². The van der Waals surface area contributed by atoms with Crippen molar-refractivity contribution in [3.05, 3.63) is 29.3 Å². The standard InChI is InChI=1S/C11H12ClNO3S/c1-13-7-6-10(11(13)14)17(15,16)9-4-2-8(12)3-5-9/h2-5,10H,6-7H2,1H3. The van der Waals surface area contributed by atoms with Crippen LogP contribution in [0.3, 0.4) is 0 Å². The molecule has 1 aromatic rings. The van der Waals surface area contributed by atoms with E-state index in [0.717, 1.165) is 0 Å². The van der Waals surface area contributed by atoms with E-state index >= 15 is 0 Å². The molecular formula is C11H12ClNO3S. The normalized spacial score (nSPS) is 20.9. The molecule has 1 aromatic carbocycles. The van der Waals surface area contributed by atoms with Gasteiger partial charge in [-0.25, -0.2) is 8.42 Å². The van der Waals surface area contributed by atoms with Gasteiger partial charge in [0.2, 0.25) is 5.91 Å². The number of hydrogen-bond acceptors (Lipinski definition) is 3. The van der Waals surface area contributed by atoms with Crippen LogP contribution >= 0.6 is 11.6 Å². The summed E-state index contributed by atoms with van der Waals surface area (Å²) < 4.78 is 24.4. The van der Waals surface area contributed by atoms with Crippen LogP contribution in [0.25, 0.3) is 0 Å². The highest BCUT2D eigenvalue weighted by atomic mass is 35.5. The summed E-state index contributed by atoms with van der Waals surface area (Å²) in [6.07, 6.45) is 0.348. The minimum Gasteiger partial charge on any atom is -0.345 e. The van der Waals surface area contributed by atoms with Crippen LogP contribution in [0.15, 0.2) is 29.2 Å². The molecule has 1 unspecified atom stereocenters. The van der Waals surface area contributed by atoms with Gasteiger partial charge in [0.15, 0.2) is 9.84 Å². The van der Waals surface area contributed by atoms with Crippen LogP contribution in [-0.2, 0) is 14.6 Å². The van der Waals surface area contributed by atoms with E-state index in [1.54, 1.807) is 7.05 Å². The van der Waals surface area contributed by atoms with Crippen molar-refractivity contribution in [2.45, 2.75) is 16.6 Å². The highest BCUT2D eigenvalue weighted by Gasteiger charge is 2.40. The molecule has 0 bridgehead atoms. The van der Waals surface area contributed by atoms with E-state index in [0.29, 0.717) is 18.0 Å². The van der Waals surface area contributed by atoms with Gasteiger partial charge in [-0.2, -0.15) is 0 Å². The van der Waals surface area contributed by atoms with Crippen LogP contribution < -0.4 is 0 Å². The van der Waals surface area contributed by atoms with Crippen molar-refractivity contribution in [3.8, 4) is 0 Å². The summed E-state index contributed by atoms with van der Waals surface area (Å²) in [7, 11) is -1.98. The van der Waals surface area contributed by atoms with Gasteiger partial charge in [0.05, 0.1) is 4.90 Å². The molecule has 1 aliphatic rings. The molecule has 0 radical (unpaired) electrons. The second-order valence-electron chi connectivity index (χ2n) is 4.04. The number of likely N-dealkylation sites (tertiary alicyclic amines) is 1. The van der Waals surface area contributed by atoms with Crippen LogP contribution in [0.1, 0.15) is 6.42 Å². The molecule has 17 heavy (non-hydrogen) atoms. The first-order valence-electron chi connectivity index (χ1n) is 5.17. The third-order valence-corrected chi connectivity index (χ3v) is 5.26. The largest absolute Gasteiger partial charge is 0.345 e. The molecule has 1 atom stereocenters. The Hall–Kier alpha value is -1.07. The molecule has 1 saturated heterocycles. The second kappa shape index (κ2) is 4.31. The fraction of sp³-hybridized carbons (Fsp3) is 0.364. The molecule has 0 spiro atoms. The second-order valence-corrected chi connectivity index (χ2v) is 6.60. The Labute approximate surface area is 105 Å². The zero-order valence-corrected chi connectivity index (χ0v) is 10.8. The van der Waals surface area contributed by atoms with E-state index in [9.17, 15) is 13.2 Å². The minimum absolute atomic E-state index is 0.149. The number of carbonyl (C=O) groups is 1. The molecule has 2 rings (SSSR count). The quantitative estimate of drug-likeness (QED) is 0.817. The van der Waals surface area contributed by atoms with Crippen LogP contribution in [0, 0.1) is 0 Å². The topological polar surface area (TPSA) is 54.5 Å². The average Bonchev–Trinajstić information content (AvgIpc) is 2.61. The molecule has 4 nitrogen and oxygen atoms in total. The monoisotopic (exact) mass is 273 g/mol. The maximum atomic E-state index is 12.2. The molecule has 1 amide bonds. The summed E-state index contributed by atoms with van der Waals surface area (Å²) in [5.41, 5.74) is 0. The highest BCUT2D eigenvalue weighted by molar-refractivity contribution is 7.92. The Balaban J connectivity index is 2.37. The van der Waals surface area contributed by atoms with Gasteiger partial charge in [0.25, 0.3) is 0 Å². The van der Waals surface area contributed by atoms with Gasteiger partial charge >= 0.3 is 0 Å². The zero-order valence-electron chi connectivity index (χ0n) is 9.26. The van der Waals surface area contributed by atoms with Crippen molar-refractivity contribution in [2.75, 3.05) is 13.6 Å². The smallest absolute Gasteiger partial charge is 0.241 e. The fourth-order valence-electron chi connectivity index (χ4n) is 1.87. The third kappa shape index (κ3) is 2.17. The number of sulfone groups is 1. The summed E-state index contributed by atoms with van der Waals surface area (Å²) in [5.74, 6) is -0.333. The Kier molecular flexibility index (Phi) is 3.14. The van der Waals surface area contributed by atoms with E-state index in [-0.39, 0.29) is 10.8 Å². The Bertz CT molecular complexity index is 538. The van der Waals surface area contributed by atoms with Crippen LogP contribution in [-0.4, -0.2) is 38.1 Å². The molecule has 0 aromatic heterocycles. The molecule has 92 valence electrons. The Morgan fingerprint density at radius 3 is 2.35 bits per heavy atom. The van der Waals surface area contributed by atoms with Gasteiger partial charge in [-0.15, -0.1) is 0 Å². The number of hydrogen-bond donors (Lipinski definition) is 0. The van der Waals surface area contributed by atoms with Crippen molar-refractivity contribution < 1.29 is 13.2 Å². The number of carbonyl (C=O) groups excluding carboxylic acids is 1. The maximum absolute atomic E-state index is 12.2. The molecule has 0 N–H and O–H groups in total. The van der Waals surface area contributed by atoms with E-state index in [1.165, 1.54) is 29.2 Å². The van der Waals surface area contributed by atoms with Gasteiger partial charge < -0.3 is 4.90 Å². The lowest BCUT2D eigenvalue weighted by Gasteiger charge is -2.11. The SMILES string of the molecule is CN1CCC(S(=O)(=O)c2ccc(Cl)cc2)C1=O. The van der Waals surface area contributed by atoms with Gasteiger partial charge in [0, 0.05) is 18.6 Å². The third-order valence-electron chi connectivity index (χ3n) is 2.90. The Morgan fingerprint density at radius 1 is 1.29 bits per heavy atom. The molecule has 0 saturated carbocycles. The first-order valence-corrected chi connectivity index (χ1v) is 7.10. The van der Waals surface area contributed by atoms with Crippen LogP contribution in [0.4, 0.5) is 0 Å². The Morgan fingerprint density at radius 2 is 1.88 bits per heavy atom. The first-order chi connectivity index (χ1) is 7.93. The minimum atomic E-state index is -3.59. The lowest BCUT2D eigenvalue weighted by Crippen LogP contribution is -2.31. The lowest BCUT2D eigenvalue weighted by molar-refractivity contribution is -0.126. The molecule has 1 heterocycles. The van der Waals surface area contributed by atoms with Crippen molar-refractivity contribution in [3.63, 3.8) is 0 Å². The maximum Gasteiger partial charge on any atom is 0.241 e. The van der Waals surface area contributed by atoms with Crippen molar-refractivity contribution in [2.24, 2.45) is 0 Å². The van der Waals surface area contributed by atoms with Gasteiger partial charge in [-0.05, 0) is 30.7 Å². The number of halogens is 1. The highest BCUT2D eigenvalue weighted by Crippen LogP contribution is 2.25. The number of nitrogens with zero attached hydrogens (tertiary/aromatic N) is 1. The predicted molar refractivity (Wildman–Crippen MR) is 64.7 cm³/mol. The number of rotatable bonds is 2. The van der Waals surface area contributed by atoms with E-state index in [4.69, 9.17) is 11.6 Å². The van der Waals surface area contributed by atoms with Gasteiger partial charge in [-0.1, -0.05) is 11.6 Å². The number of amides is 1. The lowest BCUT2D eigenvalue weighted by atomic mass is 10.4. The average molecular weight is 274 g/mol. The molecule has 1 fully saturated rings. The molecule has 0 aliphatic carbocycles. The van der Waals surface area contributed by atoms with Gasteiger partial charge in [-0.3, -0.25) is 4.79 Å². The van der Waals surface area contributed by atoms with E-state index in [1.807, 2.05) is 0 Å². The van der Waals surface area contributed by atoms with Crippen LogP contribution in [0.2, 0.25) is 5.02 Å². The summed E-state index contributed by atoms with van der Waals surface area (Å²) in [4.78, 5) is 13.3. The summed E-state index contributed by atoms with van der Waals surface area (Å²) in [5, 5.41) is -0.479. The van der Waals surface area contributed by atoms with Crippen molar-refractivity contribution >= 4 is 27.3 Å². The van der Waals surface area contributed by atoms with Crippen molar-refractivity contribution in [1.82, 2.24) is 4.90 Å². The van der Waals surface area contributed by atoms with E-state index < -0.39 is 15.1 Å². The van der Waals surface area contributed by atoms with Gasteiger partial charge in [0.1, 0.15) is 5.25 Å². The van der Waals surface area contributed by atoms with Crippen molar-refractivity contribution in [1.29, 1.82) is 0 Å². The zero-order chi connectivity index (χ0) is 12.6. The molecule has 6 heteroatoms. The number of benzene rings is 1. The predicted octanol–water partition coefficient (Wildman–Crippen LogP) is 1.34. The summed E-state index contributed by atoms with van der Waals surface area (Å²) in [6.45, 7) is 0.482. The first kappa shape index (κ1) is 12.4. The summed E-state index contributed by atoms with van der Waals surface area (Å²) in [6, 6.07) is 5.89. The van der Waals surface area contributed by atoms with Crippen LogP contribution in [0.5, 0.6) is 0 Å². The molecule has 1 aliphatic heterocycles. The molecular weight excluding hydrogens is 262 g/mol. The fourth-order valence-corrected chi connectivity index (χ4v) is 3.70. The summed E-state index contributed by atoms with van der Waals surface area (Å²) >= 11 is 5.70.